The number of nitrogens with two attached hydrogens (primary N) is 1. The first kappa shape index (κ1) is 17.4. The SMILES string of the molecule is CC1CCN(S(=O)(=O)c2ccc(C(=O)NCCCN)s2)CC1. The molecule has 0 spiro atoms. The van der Waals surface area contributed by atoms with E-state index < -0.39 is 10.0 Å². The van der Waals surface area contributed by atoms with Gasteiger partial charge in [0.2, 0.25) is 0 Å². The third-order valence-electron chi connectivity index (χ3n) is 3.81. The van der Waals surface area contributed by atoms with E-state index in [2.05, 4.69) is 12.2 Å². The third kappa shape index (κ3) is 4.07. The molecule has 124 valence electrons. The van der Waals surface area contributed by atoms with Gasteiger partial charge in [0.25, 0.3) is 15.9 Å². The molecular weight excluding hydrogens is 322 g/mol. The summed E-state index contributed by atoms with van der Waals surface area (Å²) in [4.78, 5) is 12.3. The summed E-state index contributed by atoms with van der Waals surface area (Å²) in [5.41, 5.74) is 5.37. The molecule has 22 heavy (non-hydrogen) atoms. The average molecular weight is 345 g/mol. The fourth-order valence-corrected chi connectivity index (χ4v) is 5.17. The van der Waals surface area contributed by atoms with Gasteiger partial charge in [-0.05, 0) is 43.9 Å². The molecule has 1 aromatic rings. The number of rotatable bonds is 6. The van der Waals surface area contributed by atoms with Gasteiger partial charge in [0.05, 0.1) is 4.88 Å². The van der Waals surface area contributed by atoms with Crippen LogP contribution < -0.4 is 11.1 Å². The first-order valence-corrected chi connectivity index (χ1v) is 9.79. The predicted octanol–water partition coefficient (Wildman–Crippen LogP) is 1.25. The molecule has 1 saturated heterocycles. The van der Waals surface area contributed by atoms with E-state index in [4.69, 9.17) is 5.73 Å². The maximum Gasteiger partial charge on any atom is 0.261 e. The lowest BCUT2D eigenvalue weighted by molar-refractivity contribution is 0.0957. The molecule has 0 unspecified atom stereocenters. The predicted molar refractivity (Wildman–Crippen MR) is 87.5 cm³/mol. The highest BCUT2D eigenvalue weighted by molar-refractivity contribution is 7.91. The Hall–Kier alpha value is -0.960. The monoisotopic (exact) mass is 345 g/mol. The Labute approximate surface area is 135 Å². The maximum absolute atomic E-state index is 12.6. The molecule has 1 aromatic heterocycles. The fraction of sp³-hybridized carbons (Fsp3) is 0.643. The summed E-state index contributed by atoms with van der Waals surface area (Å²) in [6.07, 6.45) is 2.47. The molecule has 1 aliphatic heterocycles. The van der Waals surface area contributed by atoms with Crippen LogP contribution >= 0.6 is 11.3 Å². The van der Waals surface area contributed by atoms with Crippen LogP contribution in [0.3, 0.4) is 0 Å². The number of nitrogens with zero attached hydrogens (tertiary/aromatic N) is 1. The first-order chi connectivity index (χ1) is 10.4. The van der Waals surface area contributed by atoms with Gasteiger partial charge in [0.1, 0.15) is 4.21 Å². The summed E-state index contributed by atoms with van der Waals surface area (Å²) in [6, 6.07) is 3.10. The van der Waals surface area contributed by atoms with Gasteiger partial charge in [-0.15, -0.1) is 11.3 Å². The van der Waals surface area contributed by atoms with Crippen LogP contribution in [-0.2, 0) is 10.0 Å². The van der Waals surface area contributed by atoms with Crippen LogP contribution in [0, 0.1) is 5.92 Å². The van der Waals surface area contributed by atoms with E-state index in [1.165, 1.54) is 10.4 Å². The van der Waals surface area contributed by atoms with Crippen molar-refractivity contribution in [2.45, 2.75) is 30.4 Å². The molecule has 8 heteroatoms. The van der Waals surface area contributed by atoms with Crippen LogP contribution in [-0.4, -0.2) is 44.8 Å². The van der Waals surface area contributed by atoms with Crippen molar-refractivity contribution >= 4 is 27.3 Å². The van der Waals surface area contributed by atoms with Crippen molar-refractivity contribution in [3.63, 3.8) is 0 Å². The summed E-state index contributed by atoms with van der Waals surface area (Å²) >= 11 is 1.03. The van der Waals surface area contributed by atoms with E-state index in [1.54, 1.807) is 6.07 Å². The van der Waals surface area contributed by atoms with Gasteiger partial charge in [-0.3, -0.25) is 4.79 Å². The summed E-state index contributed by atoms with van der Waals surface area (Å²) in [5, 5.41) is 2.73. The highest BCUT2D eigenvalue weighted by Crippen LogP contribution is 2.28. The normalized spacial score (nSPS) is 17.5. The second-order valence-electron chi connectivity index (χ2n) is 5.60. The van der Waals surface area contributed by atoms with Crippen LogP contribution in [0.1, 0.15) is 35.9 Å². The standard InChI is InChI=1S/C14H23N3O3S2/c1-11-5-9-17(10-6-11)22(19,20)13-4-3-12(21-13)14(18)16-8-2-7-15/h3-4,11H,2,5-10,15H2,1H3,(H,16,18). The lowest BCUT2D eigenvalue weighted by Gasteiger charge is -2.28. The zero-order valence-corrected chi connectivity index (χ0v) is 14.4. The van der Waals surface area contributed by atoms with Gasteiger partial charge in [-0.2, -0.15) is 4.31 Å². The Bertz CT molecular complexity index is 605. The van der Waals surface area contributed by atoms with Gasteiger partial charge in [-0.1, -0.05) is 6.92 Å². The lowest BCUT2D eigenvalue weighted by Crippen LogP contribution is -2.37. The quantitative estimate of drug-likeness (QED) is 0.759. The number of amides is 1. The van der Waals surface area contributed by atoms with Crippen LogP contribution in [0.5, 0.6) is 0 Å². The molecule has 0 radical (unpaired) electrons. The Morgan fingerprint density at radius 1 is 1.41 bits per heavy atom. The van der Waals surface area contributed by atoms with Gasteiger partial charge < -0.3 is 11.1 Å². The van der Waals surface area contributed by atoms with Crippen molar-refractivity contribution in [3.05, 3.63) is 17.0 Å². The Balaban J connectivity index is 2.05. The lowest BCUT2D eigenvalue weighted by atomic mass is 10.0. The van der Waals surface area contributed by atoms with Gasteiger partial charge >= 0.3 is 0 Å². The minimum absolute atomic E-state index is 0.242. The molecule has 2 heterocycles. The Morgan fingerprint density at radius 3 is 2.73 bits per heavy atom. The van der Waals surface area contributed by atoms with Crippen molar-refractivity contribution < 1.29 is 13.2 Å². The molecule has 1 aliphatic rings. The van der Waals surface area contributed by atoms with E-state index in [-0.39, 0.29) is 10.1 Å². The first-order valence-electron chi connectivity index (χ1n) is 7.53. The van der Waals surface area contributed by atoms with Crippen molar-refractivity contribution in [3.8, 4) is 0 Å². The van der Waals surface area contributed by atoms with Gasteiger partial charge in [0.15, 0.2) is 0 Å². The van der Waals surface area contributed by atoms with E-state index in [9.17, 15) is 13.2 Å². The fourth-order valence-electron chi connectivity index (χ4n) is 2.32. The highest BCUT2D eigenvalue weighted by Gasteiger charge is 2.29. The average Bonchev–Trinajstić information content (AvgIpc) is 2.98. The van der Waals surface area contributed by atoms with Crippen LogP contribution in [0.25, 0.3) is 0 Å². The number of piperidine rings is 1. The second kappa shape index (κ2) is 7.54. The summed E-state index contributed by atoms with van der Waals surface area (Å²) in [7, 11) is -3.47. The number of nitrogens with one attached hydrogen (secondary N) is 1. The Kier molecular flexibility index (Phi) is 5.96. The second-order valence-corrected chi connectivity index (χ2v) is 8.85. The van der Waals surface area contributed by atoms with Crippen LogP contribution in [0.2, 0.25) is 0 Å². The van der Waals surface area contributed by atoms with Crippen molar-refractivity contribution in [2.24, 2.45) is 11.7 Å². The topological polar surface area (TPSA) is 92.5 Å². The molecule has 0 saturated carbocycles. The summed E-state index contributed by atoms with van der Waals surface area (Å²) < 4.78 is 26.9. The minimum atomic E-state index is -3.47. The summed E-state index contributed by atoms with van der Waals surface area (Å²) in [6.45, 7) is 4.26. The zero-order valence-electron chi connectivity index (χ0n) is 12.7. The molecular formula is C14H23N3O3S2. The number of carbonyl (C=O) groups excluding carboxylic acids is 1. The molecule has 1 amide bonds. The van der Waals surface area contributed by atoms with Gasteiger partial charge in [-0.25, -0.2) is 8.42 Å². The number of hydrogen-bond acceptors (Lipinski definition) is 5. The number of hydrogen-bond donors (Lipinski definition) is 2. The van der Waals surface area contributed by atoms with Crippen molar-refractivity contribution in [1.82, 2.24) is 9.62 Å². The molecule has 2 rings (SSSR count). The largest absolute Gasteiger partial charge is 0.351 e. The van der Waals surface area contributed by atoms with E-state index >= 15 is 0 Å². The zero-order chi connectivity index (χ0) is 16.2. The number of carbonyl (C=O) groups is 1. The van der Waals surface area contributed by atoms with E-state index in [0.29, 0.717) is 43.4 Å². The molecule has 0 bridgehead atoms. The molecule has 3 N–H and O–H groups in total. The van der Waals surface area contributed by atoms with Crippen molar-refractivity contribution in [1.29, 1.82) is 0 Å². The Morgan fingerprint density at radius 2 is 2.09 bits per heavy atom. The molecule has 0 atom stereocenters. The minimum Gasteiger partial charge on any atom is -0.351 e. The van der Waals surface area contributed by atoms with E-state index in [0.717, 1.165) is 24.2 Å². The van der Waals surface area contributed by atoms with Gasteiger partial charge in [0, 0.05) is 19.6 Å². The molecule has 0 aromatic carbocycles. The number of thiophene rings is 1. The van der Waals surface area contributed by atoms with E-state index in [1.807, 2.05) is 0 Å². The smallest absolute Gasteiger partial charge is 0.261 e. The number of sulfonamides is 1. The molecule has 6 nitrogen and oxygen atoms in total. The highest BCUT2D eigenvalue weighted by atomic mass is 32.2. The maximum atomic E-state index is 12.6. The summed E-state index contributed by atoms with van der Waals surface area (Å²) in [5.74, 6) is 0.325. The molecule has 1 fully saturated rings. The van der Waals surface area contributed by atoms with Crippen LogP contribution in [0.15, 0.2) is 16.3 Å². The molecule has 0 aliphatic carbocycles. The van der Waals surface area contributed by atoms with Crippen molar-refractivity contribution in [2.75, 3.05) is 26.2 Å². The third-order valence-corrected chi connectivity index (χ3v) is 7.26. The van der Waals surface area contributed by atoms with Crippen LogP contribution in [0.4, 0.5) is 0 Å².